The minimum Gasteiger partial charge on any atom is -0.341 e. The van der Waals surface area contributed by atoms with Gasteiger partial charge in [-0.1, -0.05) is 18.6 Å². The van der Waals surface area contributed by atoms with Gasteiger partial charge in [0.2, 0.25) is 21.8 Å². The van der Waals surface area contributed by atoms with Gasteiger partial charge < -0.3 is 9.80 Å². The number of hydrogen-bond donors (Lipinski definition) is 0. The number of benzene rings is 1. The Morgan fingerprint density at radius 3 is 2.50 bits per heavy atom. The first-order valence-corrected chi connectivity index (χ1v) is 10.6. The number of hydrogen-bond acceptors (Lipinski definition) is 4. The summed E-state index contributed by atoms with van der Waals surface area (Å²) < 4.78 is 27.6. The van der Waals surface area contributed by atoms with E-state index < -0.39 is 16.1 Å². The summed E-state index contributed by atoms with van der Waals surface area (Å²) in [5, 5.41) is 0. The van der Waals surface area contributed by atoms with Crippen molar-refractivity contribution in [3.05, 3.63) is 24.3 Å². The summed E-state index contributed by atoms with van der Waals surface area (Å²) in [4.78, 5) is 29.2. The van der Waals surface area contributed by atoms with Gasteiger partial charge in [0.05, 0.1) is 5.69 Å². The third-order valence-corrected chi connectivity index (χ3v) is 7.46. The zero-order valence-corrected chi connectivity index (χ0v) is 15.5. The van der Waals surface area contributed by atoms with E-state index in [9.17, 15) is 18.0 Å². The van der Waals surface area contributed by atoms with E-state index in [4.69, 9.17) is 0 Å². The van der Waals surface area contributed by atoms with Crippen molar-refractivity contribution in [1.29, 1.82) is 0 Å². The van der Waals surface area contributed by atoms with Crippen molar-refractivity contribution in [2.45, 2.75) is 43.0 Å². The summed E-state index contributed by atoms with van der Waals surface area (Å²) in [5.74, 6) is -0.405. The molecule has 140 valence electrons. The summed E-state index contributed by atoms with van der Waals surface area (Å²) in [6.45, 7) is 1.66. The molecule has 3 aliphatic rings. The lowest BCUT2D eigenvalue weighted by Crippen LogP contribution is -2.52. The second-order valence-electron chi connectivity index (χ2n) is 7.11. The molecule has 4 rings (SSSR count). The molecule has 1 aromatic rings. The number of likely N-dealkylation sites (tertiary alicyclic amines) is 1. The Kier molecular flexibility index (Phi) is 4.48. The van der Waals surface area contributed by atoms with Crippen molar-refractivity contribution in [2.24, 2.45) is 0 Å². The molecule has 2 amide bonds. The van der Waals surface area contributed by atoms with Crippen LogP contribution < -0.4 is 4.90 Å². The van der Waals surface area contributed by atoms with Gasteiger partial charge in [-0.05, 0) is 37.8 Å². The molecule has 3 aliphatic heterocycles. The SMILES string of the molecule is O=C(CN1C(=O)[C@@H]2CCCCN2S(=O)(=O)c2ccccc21)N1CCCC1. The number of amides is 2. The lowest BCUT2D eigenvalue weighted by atomic mass is 10.0. The van der Waals surface area contributed by atoms with Crippen molar-refractivity contribution in [1.82, 2.24) is 9.21 Å². The number of fused-ring (bicyclic) bond motifs is 2. The highest BCUT2D eigenvalue weighted by molar-refractivity contribution is 7.89. The summed E-state index contributed by atoms with van der Waals surface area (Å²) >= 11 is 0. The van der Waals surface area contributed by atoms with Gasteiger partial charge in [-0.15, -0.1) is 0 Å². The standard InChI is InChI=1S/C18H23N3O4S/c22-17(19-10-5-6-11-19)13-20-14-7-1-2-9-16(14)26(24,25)21-12-4-3-8-15(21)18(20)23/h1-2,7,9,15H,3-6,8,10-13H2/t15-/m0/s1. The Labute approximate surface area is 153 Å². The van der Waals surface area contributed by atoms with Crippen LogP contribution in [0.15, 0.2) is 29.2 Å². The molecule has 7 nitrogen and oxygen atoms in total. The molecule has 2 fully saturated rings. The molecule has 0 bridgehead atoms. The first-order valence-electron chi connectivity index (χ1n) is 9.20. The molecule has 1 atom stereocenters. The summed E-state index contributed by atoms with van der Waals surface area (Å²) in [6, 6.07) is 5.81. The minimum absolute atomic E-state index is 0.101. The van der Waals surface area contributed by atoms with E-state index in [2.05, 4.69) is 0 Å². The fraction of sp³-hybridized carbons (Fsp3) is 0.556. The Hall–Kier alpha value is -1.93. The molecule has 0 unspecified atom stereocenters. The van der Waals surface area contributed by atoms with Crippen LogP contribution >= 0.6 is 0 Å². The maximum atomic E-state index is 13.2. The number of rotatable bonds is 2. The lowest BCUT2D eigenvalue weighted by molar-refractivity contribution is -0.131. The normalized spacial score (nSPS) is 25.5. The molecule has 0 radical (unpaired) electrons. The largest absolute Gasteiger partial charge is 0.341 e. The first-order chi connectivity index (χ1) is 12.5. The second-order valence-corrected chi connectivity index (χ2v) is 8.97. The zero-order valence-electron chi connectivity index (χ0n) is 14.6. The minimum atomic E-state index is -3.75. The van der Waals surface area contributed by atoms with Gasteiger partial charge in [0.15, 0.2) is 0 Å². The fourth-order valence-electron chi connectivity index (χ4n) is 4.13. The predicted molar refractivity (Wildman–Crippen MR) is 96.1 cm³/mol. The van der Waals surface area contributed by atoms with E-state index in [1.165, 1.54) is 15.3 Å². The van der Waals surface area contributed by atoms with Gasteiger partial charge in [0, 0.05) is 19.6 Å². The predicted octanol–water partition coefficient (Wildman–Crippen LogP) is 1.20. The van der Waals surface area contributed by atoms with E-state index in [1.807, 2.05) is 0 Å². The molecular weight excluding hydrogens is 354 g/mol. The van der Waals surface area contributed by atoms with Crippen molar-refractivity contribution < 1.29 is 18.0 Å². The number of carbonyl (C=O) groups is 2. The average molecular weight is 377 g/mol. The summed E-state index contributed by atoms with van der Waals surface area (Å²) in [6.07, 6.45) is 4.01. The highest BCUT2D eigenvalue weighted by atomic mass is 32.2. The van der Waals surface area contributed by atoms with E-state index in [1.54, 1.807) is 23.1 Å². The molecule has 8 heteroatoms. The highest BCUT2D eigenvalue weighted by Crippen LogP contribution is 2.36. The van der Waals surface area contributed by atoms with Crippen LogP contribution in [-0.2, 0) is 19.6 Å². The molecule has 0 aromatic heterocycles. The maximum absolute atomic E-state index is 13.2. The number of sulfonamides is 1. The van der Waals surface area contributed by atoms with Crippen molar-refractivity contribution in [3.8, 4) is 0 Å². The van der Waals surface area contributed by atoms with Crippen LogP contribution in [0.2, 0.25) is 0 Å². The molecular formula is C18H23N3O4S. The van der Waals surface area contributed by atoms with E-state index in [-0.39, 0.29) is 23.3 Å². The van der Waals surface area contributed by atoms with Gasteiger partial charge in [0.1, 0.15) is 17.5 Å². The van der Waals surface area contributed by atoms with Crippen molar-refractivity contribution in [3.63, 3.8) is 0 Å². The molecule has 0 N–H and O–H groups in total. The molecule has 2 saturated heterocycles. The van der Waals surface area contributed by atoms with Crippen LogP contribution in [0.3, 0.4) is 0 Å². The van der Waals surface area contributed by atoms with E-state index in [0.717, 1.165) is 25.7 Å². The molecule has 0 spiro atoms. The zero-order chi connectivity index (χ0) is 18.3. The van der Waals surface area contributed by atoms with Crippen LogP contribution in [0.4, 0.5) is 5.69 Å². The van der Waals surface area contributed by atoms with Gasteiger partial charge in [-0.2, -0.15) is 4.31 Å². The summed E-state index contributed by atoms with van der Waals surface area (Å²) in [7, 11) is -3.75. The Morgan fingerprint density at radius 1 is 1.04 bits per heavy atom. The van der Waals surface area contributed by atoms with Gasteiger partial charge >= 0.3 is 0 Å². The van der Waals surface area contributed by atoms with Gasteiger partial charge in [0.25, 0.3) is 0 Å². The Balaban J connectivity index is 1.76. The number of piperidine rings is 1. The number of carbonyl (C=O) groups excluding carboxylic acids is 2. The third kappa shape index (κ3) is 2.81. The van der Waals surface area contributed by atoms with Crippen LogP contribution in [0.25, 0.3) is 0 Å². The Morgan fingerprint density at radius 2 is 1.73 bits per heavy atom. The molecule has 1 aromatic carbocycles. The molecule has 3 heterocycles. The van der Waals surface area contributed by atoms with Crippen LogP contribution in [0.5, 0.6) is 0 Å². The van der Waals surface area contributed by atoms with Crippen molar-refractivity contribution >= 4 is 27.5 Å². The quantitative estimate of drug-likeness (QED) is 0.776. The van der Waals surface area contributed by atoms with E-state index in [0.29, 0.717) is 31.7 Å². The third-order valence-electron chi connectivity index (χ3n) is 5.50. The topological polar surface area (TPSA) is 78.0 Å². The smallest absolute Gasteiger partial charge is 0.245 e. The van der Waals surface area contributed by atoms with Crippen LogP contribution in [-0.4, -0.2) is 61.7 Å². The molecule has 0 aliphatic carbocycles. The molecule has 0 saturated carbocycles. The first kappa shape index (κ1) is 17.5. The molecule has 26 heavy (non-hydrogen) atoms. The Bertz CT molecular complexity index is 833. The van der Waals surface area contributed by atoms with E-state index >= 15 is 0 Å². The number of nitrogens with zero attached hydrogens (tertiary/aromatic N) is 3. The number of para-hydroxylation sites is 1. The van der Waals surface area contributed by atoms with Crippen molar-refractivity contribution in [2.75, 3.05) is 31.1 Å². The monoisotopic (exact) mass is 377 g/mol. The summed E-state index contributed by atoms with van der Waals surface area (Å²) in [5.41, 5.74) is 0.319. The highest BCUT2D eigenvalue weighted by Gasteiger charge is 2.45. The van der Waals surface area contributed by atoms with Gasteiger partial charge in [-0.3, -0.25) is 9.59 Å². The van der Waals surface area contributed by atoms with Crippen LogP contribution in [0, 0.1) is 0 Å². The lowest BCUT2D eigenvalue weighted by Gasteiger charge is -2.33. The average Bonchev–Trinajstić information content (AvgIpc) is 3.18. The van der Waals surface area contributed by atoms with Gasteiger partial charge in [-0.25, -0.2) is 8.42 Å². The van der Waals surface area contributed by atoms with Crippen LogP contribution in [0.1, 0.15) is 32.1 Å². The fourth-order valence-corrected chi connectivity index (χ4v) is 5.97. The maximum Gasteiger partial charge on any atom is 0.245 e. The number of anilines is 1. The second kappa shape index (κ2) is 6.66.